The van der Waals surface area contributed by atoms with E-state index in [2.05, 4.69) is 0 Å². The van der Waals surface area contributed by atoms with Gasteiger partial charge in [-0.2, -0.15) is 0 Å². The number of hydrogen-bond acceptors (Lipinski definition) is 3. The molecule has 4 nitrogen and oxygen atoms in total. The van der Waals surface area contributed by atoms with Gasteiger partial charge in [-0.25, -0.2) is 8.78 Å². The van der Waals surface area contributed by atoms with Crippen molar-refractivity contribution >= 4 is 5.91 Å². The van der Waals surface area contributed by atoms with Gasteiger partial charge in [0.2, 0.25) is 5.91 Å². The van der Waals surface area contributed by atoms with Gasteiger partial charge in [0.05, 0.1) is 18.8 Å². The van der Waals surface area contributed by atoms with Crippen LogP contribution >= 0.6 is 0 Å². The molecule has 1 aliphatic heterocycles. The Morgan fingerprint density at radius 3 is 2.64 bits per heavy atom. The number of nitrogens with two attached hydrogens (primary N) is 1. The number of benzene rings is 2. The summed E-state index contributed by atoms with van der Waals surface area (Å²) in [6.07, 6.45) is 0.0744. The third-order valence-corrected chi connectivity index (χ3v) is 4.43. The lowest BCUT2D eigenvalue weighted by atomic mass is 10.0. The summed E-state index contributed by atoms with van der Waals surface area (Å²) in [7, 11) is 0. The Labute approximate surface area is 145 Å². The Balaban J connectivity index is 1.74. The van der Waals surface area contributed by atoms with Crippen molar-refractivity contribution in [2.24, 2.45) is 5.73 Å². The fraction of sp³-hybridized carbons (Fsp3) is 0.316. The van der Waals surface area contributed by atoms with Gasteiger partial charge in [0.25, 0.3) is 0 Å². The fourth-order valence-corrected chi connectivity index (χ4v) is 3.11. The number of primary amides is 1. The van der Waals surface area contributed by atoms with E-state index < -0.39 is 11.9 Å². The molecule has 6 heteroatoms. The number of carbonyl (C=O) groups excluding carboxylic acids is 1. The van der Waals surface area contributed by atoms with Crippen LogP contribution in [0.15, 0.2) is 48.5 Å². The standard InChI is InChI=1S/C19H20F2N2O2/c20-15-6-4-13(5-7-15)10-17(19(22)24)23-8-9-25-18(12-23)14-2-1-3-16(21)11-14/h1-7,11,17-18H,8-10,12H2,(H2,22,24). The minimum Gasteiger partial charge on any atom is -0.371 e. The average Bonchev–Trinajstić information content (AvgIpc) is 2.61. The maximum atomic E-state index is 13.5. The van der Waals surface area contributed by atoms with Gasteiger partial charge in [0, 0.05) is 13.1 Å². The SMILES string of the molecule is NC(=O)C(Cc1ccc(F)cc1)N1CCOC(c2cccc(F)c2)C1. The lowest BCUT2D eigenvalue weighted by Crippen LogP contribution is -2.51. The molecule has 1 aliphatic rings. The first-order chi connectivity index (χ1) is 12.0. The lowest BCUT2D eigenvalue weighted by Gasteiger charge is -2.37. The first-order valence-corrected chi connectivity index (χ1v) is 8.18. The van der Waals surface area contributed by atoms with Crippen molar-refractivity contribution in [1.29, 1.82) is 0 Å². The van der Waals surface area contributed by atoms with Crippen LogP contribution in [-0.2, 0) is 16.0 Å². The van der Waals surface area contributed by atoms with Crippen LogP contribution in [0.3, 0.4) is 0 Å². The van der Waals surface area contributed by atoms with E-state index in [1.165, 1.54) is 24.3 Å². The summed E-state index contributed by atoms with van der Waals surface area (Å²) < 4.78 is 32.2. The van der Waals surface area contributed by atoms with Crippen LogP contribution in [-0.4, -0.2) is 36.5 Å². The van der Waals surface area contributed by atoms with Crippen molar-refractivity contribution in [3.8, 4) is 0 Å². The van der Waals surface area contributed by atoms with Gasteiger partial charge in [0.15, 0.2) is 0 Å². The number of rotatable bonds is 5. The molecule has 0 bridgehead atoms. The van der Waals surface area contributed by atoms with Crippen LogP contribution < -0.4 is 5.73 Å². The average molecular weight is 346 g/mol. The normalized spacial score (nSPS) is 19.5. The van der Waals surface area contributed by atoms with Crippen LogP contribution in [0.1, 0.15) is 17.2 Å². The summed E-state index contributed by atoms with van der Waals surface area (Å²) in [6, 6.07) is 11.8. The zero-order valence-corrected chi connectivity index (χ0v) is 13.7. The number of amides is 1. The van der Waals surface area contributed by atoms with E-state index in [4.69, 9.17) is 10.5 Å². The predicted molar refractivity (Wildman–Crippen MR) is 89.8 cm³/mol. The molecular formula is C19H20F2N2O2. The van der Waals surface area contributed by atoms with Crippen molar-refractivity contribution in [3.05, 3.63) is 71.3 Å². The third-order valence-electron chi connectivity index (χ3n) is 4.43. The van der Waals surface area contributed by atoms with Gasteiger partial charge in [-0.15, -0.1) is 0 Å². The summed E-state index contributed by atoms with van der Waals surface area (Å²) in [5, 5.41) is 0. The molecule has 0 radical (unpaired) electrons. The van der Waals surface area contributed by atoms with Gasteiger partial charge in [-0.3, -0.25) is 9.69 Å². The van der Waals surface area contributed by atoms with Crippen LogP contribution in [0.25, 0.3) is 0 Å². The summed E-state index contributed by atoms with van der Waals surface area (Å²) in [4.78, 5) is 13.9. The fourth-order valence-electron chi connectivity index (χ4n) is 3.11. The highest BCUT2D eigenvalue weighted by molar-refractivity contribution is 5.80. The van der Waals surface area contributed by atoms with E-state index in [0.717, 1.165) is 11.1 Å². The second kappa shape index (κ2) is 7.72. The molecule has 2 N–H and O–H groups in total. The molecule has 132 valence electrons. The van der Waals surface area contributed by atoms with Crippen LogP contribution in [0.5, 0.6) is 0 Å². The van der Waals surface area contributed by atoms with Crippen molar-refractivity contribution in [2.75, 3.05) is 19.7 Å². The molecule has 0 saturated carbocycles. The van der Waals surface area contributed by atoms with Crippen LogP contribution in [0, 0.1) is 11.6 Å². The Morgan fingerprint density at radius 1 is 1.20 bits per heavy atom. The van der Waals surface area contributed by atoms with Crippen LogP contribution in [0.4, 0.5) is 8.78 Å². The summed E-state index contributed by atoms with van der Waals surface area (Å²) >= 11 is 0. The van der Waals surface area contributed by atoms with Crippen LogP contribution in [0.2, 0.25) is 0 Å². The van der Waals surface area contributed by atoms with Gasteiger partial charge < -0.3 is 10.5 Å². The maximum Gasteiger partial charge on any atom is 0.235 e. The molecule has 0 spiro atoms. The van der Waals surface area contributed by atoms with E-state index in [-0.39, 0.29) is 17.7 Å². The minimum absolute atomic E-state index is 0.320. The molecule has 3 rings (SSSR count). The zero-order valence-electron chi connectivity index (χ0n) is 13.7. The van der Waals surface area contributed by atoms with Crippen molar-refractivity contribution in [2.45, 2.75) is 18.6 Å². The second-order valence-corrected chi connectivity index (χ2v) is 6.16. The monoisotopic (exact) mass is 346 g/mol. The third kappa shape index (κ3) is 4.41. The Hall–Kier alpha value is -2.31. The van der Waals surface area contributed by atoms with Crippen molar-refractivity contribution < 1.29 is 18.3 Å². The number of nitrogens with zero attached hydrogens (tertiary/aromatic N) is 1. The first-order valence-electron chi connectivity index (χ1n) is 8.18. The Bertz CT molecular complexity index is 736. The predicted octanol–water partition coefficient (Wildman–Crippen LogP) is 2.43. The largest absolute Gasteiger partial charge is 0.371 e. The minimum atomic E-state index is -0.523. The van der Waals surface area contributed by atoms with Gasteiger partial charge in [0.1, 0.15) is 11.6 Å². The molecule has 1 saturated heterocycles. The number of halogens is 2. The smallest absolute Gasteiger partial charge is 0.235 e. The maximum absolute atomic E-state index is 13.5. The molecule has 1 amide bonds. The zero-order chi connectivity index (χ0) is 17.8. The highest BCUT2D eigenvalue weighted by Gasteiger charge is 2.30. The van der Waals surface area contributed by atoms with E-state index >= 15 is 0 Å². The van der Waals surface area contributed by atoms with E-state index in [0.29, 0.717) is 26.1 Å². The van der Waals surface area contributed by atoms with E-state index in [1.807, 2.05) is 4.90 Å². The van der Waals surface area contributed by atoms with Crippen molar-refractivity contribution in [1.82, 2.24) is 4.90 Å². The van der Waals surface area contributed by atoms with Gasteiger partial charge >= 0.3 is 0 Å². The topological polar surface area (TPSA) is 55.6 Å². The molecule has 2 atom stereocenters. The number of carbonyl (C=O) groups is 1. The number of morpholine rings is 1. The highest BCUT2D eigenvalue weighted by atomic mass is 19.1. The summed E-state index contributed by atoms with van der Waals surface area (Å²) in [5.41, 5.74) is 7.16. The molecular weight excluding hydrogens is 326 g/mol. The molecule has 25 heavy (non-hydrogen) atoms. The molecule has 2 aromatic carbocycles. The van der Waals surface area contributed by atoms with Gasteiger partial charge in [-0.05, 0) is 41.8 Å². The van der Waals surface area contributed by atoms with Gasteiger partial charge in [-0.1, -0.05) is 24.3 Å². The van der Waals surface area contributed by atoms with Crippen molar-refractivity contribution in [3.63, 3.8) is 0 Å². The molecule has 0 aromatic heterocycles. The molecule has 2 aromatic rings. The second-order valence-electron chi connectivity index (χ2n) is 6.16. The molecule has 1 heterocycles. The molecule has 2 unspecified atom stereocenters. The number of ether oxygens (including phenoxy) is 1. The van der Waals surface area contributed by atoms with E-state index in [1.54, 1.807) is 24.3 Å². The molecule has 0 aliphatic carbocycles. The molecule has 1 fully saturated rings. The summed E-state index contributed by atoms with van der Waals surface area (Å²) in [5.74, 6) is -1.09. The first kappa shape index (κ1) is 17.5. The van der Waals surface area contributed by atoms with E-state index in [9.17, 15) is 13.6 Å². The Kier molecular flexibility index (Phi) is 5.40. The highest BCUT2D eigenvalue weighted by Crippen LogP contribution is 2.25. The lowest BCUT2D eigenvalue weighted by molar-refractivity contribution is -0.127. The number of hydrogen-bond donors (Lipinski definition) is 1. The quantitative estimate of drug-likeness (QED) is 0.905. The summed E-state index contributed by atoms with van der Waals surface area (Å²) in [6.45, 7) is 1.42. The Morgan fingerprint density at radius 2 is 1.96 bits per heavy atom.